The van der Waals surface area contributed by atoms with Gasteiger partial charge in [0.25, 0.3) is 5.69 Å². The van der Waals surface area contributed by atoms with Crippen molar-refractivity contribution >= 4 is 50.1 Å². The molecular formula is C20H18ClN5O4S. The highest BCUT2D eigenvalue weighted by Gasteiger charge is 2.29. The molecule has 9 nitrogen and oxygen atoms in total. The van der Waals surface area contributed by atoms with E-state index in [0.29, 0.717) is 18.7 Å². The zero-order chi connectivity index (χ0) is 22.0. The number of nitrogens with zero attached hydrogens (tertiary/aromatic N) is 4. The van der Waals surface area contributed by atoms with E-state index in [4.69, 9.17) is 11.6 Å². The highest BCUT2D eigenvalue weighted by atomic mass is 35.5. The van der Waals surface area contributed by atoms with E-state index in [1.807, 2.05) is 24.3 Å². The first kappa shape index (κ1) is 21.2. The molecule has 3 aromatic rings. The lowest BCUT2D eigenvalue weighted by atomic mass is 10.2. The van der Waals surface area contributed by atoms with E-state index >= 15 is 0 Å². The van der Waals surface area contributed by atoms with E-state index in [2.05, 4.69) is 15.5 Å². The zero-order valence-electron chi connectivity index (χ0n) is 16.2. The van der Waals surface area contributed by atoms with Crippen LogP contribution >= 0.6 is 11.6 Å². The number of para-hydroxylation sites is 1. The first-order valence-electron chi connectivity index (χ1n) is 9.49. The number of aromatic nitrogens is 1. The fourth-order valence-electron chi connectivity index (χ4n) is 3.37. The molecule has 0 radical (unpaired) electrons. The van der Waals surface area contributed by atoms with Gasteiger partial charge in [0.1, 0.15) is 10.8 Å². The predicted octanol–water partition coefficient (Wildman–Crippen LogP) is 4.03. The number of hydrogen-bond acceptors (Lipinski definition) is 7. The molecule has 1 aromatic heterocycles. The van der Waals surface area contributed by atoms with Gasteiger partial charge >= 0.3 is 0 Å². The van der Waals surface area contributed by atoms with Crippen LogP contribution in [0.2, 0.25) is 5.15 Å². The maximum Gasteiger partial charge on any atom is 0.295 e. The minimum Gasteiger partial charge on any atom is -0.272 e. The van der Waals surface area contributed by atoms with Crippen molar-refractivity contribution in [2.24, 2.45) is 5.10 Å². The van der Waals surface area contributed by atoms with Crippen molar-refractivity contribution in [2.75, 3.05) is 18.5 Å². The van der Waals surface area contributed by atoms with Crippen LogP contribution in [0.25, 0.3) is 10.9 Å². The third-order valence-corrected chi connectivity index (χ3v) is 7.16. The summed E-state index contributed by atoms with van der Waals surface area (Å²) in [4.78, 5) is 15.1. The minimum absolute atomic E-state index is 0.0616. The monoisotopic (exact) mass is 459 g/mol. The third kappa shape index (κ3) is 4.36. The molecule has 0 unspecified atom stereocenters. The van der Waals surface area contributed by atoms with Crippen LogP contribution in [0, 0.1) is 10.1 Å². The topological polar surface area (TPSA) is 118 Å². The van der Waals surface area contributed by atoms with Crippen molar-refractivity contribution in [3.63, 3.8) is 0 Å². The molecule has 1 aliphatic rings. The Hall–Kier alpha value is -3.08. The molecule has 0 aliphatic carbocycles. The number of nitro groups is 1. The SMILES string of the molecule is O=[N+]([O-])c1cc(S(=O)(=O)N2CCCC2)ccc1N/N=C/c1cc2ccccc2nc1Cl. The maximum atomic E-state index is 12.7. The molecule has 31 heavy (non-hydrogen) atoms. The summed E-state index contributed by atoms with van der Waals surface area (Å²) in [7, 11) is -3.76. The molecule has 0 atom stereocenters. The Morgan fingerprint density at radius 2 is 1.90 bits per heavy atom. The van der Waals surface area contributed by atoms with Gasteiger partial charge in [0.05, 0.1) is 21.6 Å². The van der Waals surface area contributed by atoms with E-state index in [0.717, 1.165) is 29.8 Å². The maximum absolute atomic E-state index is 12.7. The number of sulfonamides is 1. The van der Waals surface area contributed by atoms with Crippen molar-refractivity contribution in [1.29, 1.82) is 0 Å². The van der Waals surface area contributed by atoms with Gasteiger partial charge in [-0.2, -0.15) is 9.41 Å². The summed E-state index contributed by atoms with van der Waals surface area (Å²) >= 11 is 6.19. The van der Waals surface area contributed by atoms with Gasteiger partial charge in [-0.1, -0.05) is 29.8 Å². The molecule has 1 fully saturated rings. The first-order chi connectivity index (χ1) is 14.9. The lowest BCUT2D eigenvalue weighted by molar-refractivity contribution is -0.384. The van der Waals surface area contributed by atoms with Crippen LogP contribution in [0.1, 0.15) is 18.4 Å². The second-order valence-corrected chi connectivity index (χ2v) is 9.27. The van der Waals surface area contributed by atoms with Crippen LogP contribution in [-0.4, -0.2) is 41.9 Å². The van der Waals surface area contributed by atoms with Gasteiger partial charge in [-0.05, 0) is 37.1 Å². The normalized spacial score (nSPS) is 15.0. The lowest BCUT2D eigenvalue weighted by Gasteiger charge is -2.15. The minimum atomic E-state index is -3.76. The highest BCUT2D eigenvalue weighted by molar-refractivity contribution is 7.89. The summed E-state index contributed by atoms with van der Waals surface area (Å²) in [6, 6.07) is 13.0. The summed E-state index contributed by atoms with van der Waals surface area (Å²) in [5, 5.41) is 16.7. The molecule has 11 heteroatoms. The van der Waals surface area contributed by atoms with Crippen molar-refractivity contribution in [1.82, 2.24) is 9.29 Å². The number of nitrogens with one attached hydrogen (secondary N) is 1. The summed E-state index contributed by atoms with van der Waals surface area (Å²) in [6.07, 6.45) is 2.96. The number of anilines is 1. The Balaban J connectivity index is 1.60. The van der Waals surface area contributed by atoms with Crippen LogP contribution in [0.15, 0.2) is 58.5 Å². The predicted molar refractivity (Wildman–Crippen MR) is 119 cm³/mol. The number of hydrogen-bond donors (Lipinski definition) is 1. The Bertz CT molecular complexity index is 1290. The largest absolute Gasteiger partial charge is 0.295 e. The van der Waals surface area contributed by atoms with Crippen LogP contribution in [-0.2, 0) is 10.0 Å². The molecule has 2 aromatic carbocycles. The Labute approximate surface area is 183 Å². The van der Waals surface area contributed by atoms with Crippen molar-refractivity contribution in [3.05, 3.63) is 69.4 Å². The summed E-state index contributed by atoms with van der Waals surface area (Å²) in [5.41, 5.74) is 3.54. The number of pyridine rings is 1. The molecule has 160 valence electrons. The Morgan fingerprint density at radius 1 is 1.16 bits per heavy atom. The summed E-state index contributed by atoms with van der Waals surface area (Å²) < 4.78 is 26.7. The number of halogens is 1. The van der Waals surface area contributed by atoms with Gasteiger partial charge in [-0.3, -0.25) is 15.5 Å². The average molecular weight is 460 g/mol. The van der Waals surface area contributed by atoms with E-state index in [1.165, 1.54) is 22.7 Å². The van der Waals surface area contributed by atoms with Gasteiger partial charge in [-0.15, -0.1) is 0 Å². The number of benzene rings is 2. The number of rotatable bonds is 6. The van der Waals surface area contributed by atoms with Gasteiger partial charge in [0, 0.05) is 30.1 Å². The molecule has 4 rings (SSSR count). The lowest BCUT2D eigenvalue weighted by Crippen LogP contribution is -2.27. The first-order valence-corrected chi connectivity index (χ1v) is 11.3. The second kappa shape index (κ2) is 8.58. The molecule has 0 saturated carbocycles. The number of hydrazone groups is 1. The van der Waals surface area contributed by atoms with Gasteiger partial charge < -0.3 is 0 Å². The Kier molecular flexibility index (Phi) is 5.86. The van der Waals surface area contributed by atoms with E-state index in [-0.39, 0.29) is 21.4 Å². The number of nitro benzene ring substituents is 1. The molecule has 1 N–H and O–H groups in total. The fraction of sp³-hybridized carbons (Fsp3) is 0.200. The average Bonchev–Trinajstić information content (AvgIpc) is 3.30. The van der Waals surface area contributed by atoms with Crippen molar-refractivity contribution < 1.29 is 13.3 Å². The fourth-order valence-corrected chi connectivity index (χ4v) is 5.10. The van der Waals surface area contributed by atoms with Crippen LogP contribution in [0.4, 0.5) is 11.4 Å². The molecule has 1 saturated heterocycles. The van der Waals surface area contributed by atoms with Crippen molar-refractivity contribution in [2.45, 2.75) is 17.7 Å². The second-order valence-electron chi connectivity index (χ2n) is 6.98. The van der Waals surface area contributed by atoms with E-state index in [1.54, 1.807) is 6.07 Å². The van der Waals surface area contributed by atoms with E-state index in [9.17, 15) is 18.5 Å². The molecule has 0 bridgehead atoms. The molecular weight excluding hydrogens is 442 g/mol. The molecule has 2 heterocycles. The molecule has 1 aliphatic heterocycles. The van der Waals surface area contributed by atoms with Crippen LogP contribution in [0.5, 0.6) is 0 Å². The van der Waals surface area contributed by atoms with Crippen LogP contribution in [0.3, 0.4) is 0 Å². The molecule has 0 spiro atoms. The van der Waals surface area contributed by atoms with Gasteiger partial charge in [-0.25, -0.2) is 13.4 Å². The Morgan fingerprint density at radius 3 is 2.65 bits per heavy atom. The van der Waals surface area contributed by atoms with Gasteiger partial charge in [0.15, 0.2) is 0 Å². The van der Waals surface area contributed by atoms with Crippen molar-refractivity contribution in [3.8, 4) is 0 Å². The zero-order valence-corrected chi connectivity index (χ0v) is 17.8. The smallest absolute Gasteiger partial charge is 0.272 e. The van der Waals surface area contributed by atoms with Gasteiger partial charge in [0.2, 0.25) is 10.0 Å². The van der Waals surface area contributed by atoms with E-state index < -0.39 is 14.9 Å². The number of fused-ring (bicyclic) bond motifs is 1. The molecule has 0 amide bonds. The van der Waals surface area contributed by atoms with Crippen LogP contribution < -0.4 is 5.43 Å². The summed E-state index contributed by atoms with van der Waals surface area (Å²) in [5.74, 6) is 0. The highest BCUT2D eigenvalue weighted by Crippen LogP contribution is 2.30. The standard InChI is InChI=1S/C20H18ClN5O4S/c21-20-15(11-14-5-1-2-6-17(14)23-20)13-22-24-18-8-7-16(12-19(18)26(27)28)31(29,30)25-9-3-4-10-25/h1-2,5-8,11-13,24H,3-4,9-10H2/b22-13+. The third-order valence-electron chi connectivity index (χ3n) is 4.96. The quantitative estimate of drug-likeness (QED) is 0.257. The summed E-state index contributed by atoms with van der Waals surface area (Å²) in [6.45, 7) is 0.835.